The lowest BCUT2D eigenvalue weighted by Gasteiger charge is -2.03. The Morgan fingerprint density at radius 2 is 1.84 bits per heavy atom. The van der Waals surface area contributed by atoms with Gasteiger partial charge in [-0.05, 0) is 29.8 Å². The summed E-state index contributed by atoms with van der Waals surface area (Å²) in [4.78, 5) is 4.00. The molecule has 3 rings (SSSR count). The zero-order valence-electron chi connectivity index (χ0n) is 9.88. The molecule has 0 unspecified atom stereocenters. The first kappa shape index (κ1) is 11.9. The fourth-order valence-electron chi connectivity index (χ4n) is 1.93. The van der Waals surface area contributed by atoms with Gasteiger partial charge in [0.15, 0.2) is 0 Å². The molecule has 2 aromatic heterocycles. The number of nitrogens with two attached hydrogens (primary N) is 1. The second-order valence-electron chi connectivity index (χ2n) is 4.02. The molecule has 0 amide bonds. The maximum absolute atomic E-state index is 5.90. The molecule has 0 aliphatic rings. The van der Waals surface area contributed by atoms with Gasteiger partial charge in [0.05, 0.1) is 5.56 Å². The standard InChI is InChI=1S/C14H10BrN3O/c15-11-3-1-2-10(8-11)12-13(18-19-14(12)16)9-4-6-17-7-5-9/h1-8H,16H2. The zero-order chi connectivity index (χ0) is 13.2. The summed E-state index contributed by atoms with van der Waals surface area (Å²) in [5.41, 5.74) is 9.30. The molecule has 0 fully saturated rings. The Labute approximate surface area is 118 Å². The number of halogens is 1. The second-order valence-corrected chi connectivity index (χ2v) is 4.93. The smallest absolute Gasteiger partial charge is 0.230 e. The Morgan fingerprint density at radius 3 is 2.58 bits per heavy atom. The van der Waals surface area contributed by atoms with Crippen LogP contribution >= 0.6 is 15.9 Å². The normalized spacial score (nSPS) is 10.6. The molecule has 0 aliphatic heterocycles. The van der Waals surface area contributed by atoms with Crippen molar-refractivity contribution in [3.05, 3.63) is 53.3 Å². The number of hydrogen-bond donors (Lipinski definition) is 1. The molecular weight excluding hydrogens is 306 g/mol. The quantitative estimate of drug-likeness (QED) is 0.782. The molecular formula is C14H10BrN3O. The second kappa shape index (κ2) is 4.85. The zero-order valence-corrected chi connectivity index (χ0v) is 11.5. The summed E-state index contributed by atoms with van der Waals surface area (Å²) in [7, 11) is 0. The number of nitrogen functional groups attached to an aromatic ring is 1. The average Bonchev–Trinajstić information content (AvgIpc) is 2.82. The van der Waals surface area contributed by atoms with Crippen LogP contribution in [0.4, 0.5) is 5.88 Å². The van der Waals surface area contributed by atoms with E-state index in [-0.39, 0.29) is 0 Å². The van der Waals surface area contributed by atoms with Crippen molar-refractivity contribution in [2.45, 2.75) is 0 Å². The molecule has 3 aromatic rings. The van der Waals surface area contributed by atoms with Crippen LogP contribution in [-0.4, -0.2) is 10.1 Å². The molecule has 4 nitrogen and oxygen atoms in total. The molecule has 94 valence electrons. The first-order valence-corrected chi connectivity index (χ1v) is 6.46. The molecule has 0 aliphatic carbocycles. The fourth-order valence-corrected chi connectivity index (χ4v) is 2.33. The third kappa shape index (κ3) is 2.24. The highest BCUT2D eigenvalue weighted by atomic mass is 79.9. The van der Waals surface area contributed by atoms with E-state index in [4.69, 9.17) is 10.3 Å². The maximum Gasteiger partial charge on any atom is 0.230 e. The van der Waals surface area contributed by atoms with E-state index in [1.54, 1.807) is 12.4 Å². The Balaban J connectivity index is 2.20. The number of nitrogens with zero attached hydrogens (tertiary/aromatic N) is 2. The van der Waals surface area contributed by atoms with Crippen LogP contribution in [0, 0.1) is 0 Å². The monoisotopic (exact) mass is 315 g/mol. The van der Waals surface area contributed by atoms with Gasteiger partial charge in [-0.25, -0.2) is 0 Å². The van der Waals surface area contributed by atoms with Crippen LogP contribution < -0.4 is 5.73 Å². The van der Waals surface area contributed by atoms with Crippen molar-refractivity contribution in [3.8, 4) is 22.4 Å². The SMILES string of the molecule is Nc1onc(-c2ccncc2)c1-c1cccc(Br)c1. The van der Waals surface area contributed by atoms with Gasteiger partial charge in [0.2, 0.25) is 5.88 Å². The van der Waals surface area contributed by atoms with Gasteiger partial charge in [-0.2, -0.15) is 0 Å². The van der Waals surface area contributed by atoms with Crippen molar-refractivity contribution < 1.29 is 4.52 Å². The summed E-state index contributed by atoms with van der Waals surface area (Å²) in [6, 6.07) is 11.6. The highest BCUT2D eigenvalue weighted by Gasteiger charge is 2.17. The third-order valence-electron chi connectivity index (χ3n) is 2.79. The summed E-state index contributed by atoms with van der Waals surface area (Å²) in [5, 5.41) is 4.05. The molecule has 5 heteroatoms. The number of benzene rings is 1. The Hall–Kier alpha value is -2.14. The molecule has 0 radical (unpaired) electrons. The van der Waals surface area contributed by atoms with Crippen molar-refractivity contribution >= 4 is 21.8 Å². The fraction of sp³-hybridized carbons (Fsp3) is 0. The summed E-state index contributed by atoms with van der Waals surface area (Å²) < 4.78 is 6.11. The van der Waals surface area contributed by atoms with Crippen LogP contribution in [0.15, 0.2) is 57.8 Å². The number of pyridine rings is 1. The van der Waals surface area contributed by atoms with Crippen molar-refractivity contribution in [1.82, 2.24) is 10.1 Å². The van der Waals surface area contributed by atoms with Crippen LogP contribution in [0.2, 0.25) is 0 Å². The van der Waals surface area contributed by atoms with Gasteiger partial charge in [0, 0.05) is 22.4 Å². The van der Waals surface area contributed by atoms with Crippen LogP contribution in [-0.2, 0) is 0 Å². The topological polar surface area (TPSA) is 64.9 Å². The minimum Gasteiger partial charge on any atom is -0.367 e. The van der Waals surface area contributed by atoms with Gasteiger partial charge in [-0.3, -0.25) is 4.98 Å². The van der Waals surface area contributed by atoms with Gasteiger partial charge >= 0.3 is 0 Å². The van der Waals surface area contributed by atoms with E-state index >= 15 is 0 Å². The molecule has 0 saturated carbocycles. The van der Waals surface area contributed by atoms with Gasteiger partial charge in [-0.15, -0.1) is 0 Å². The highest BCUT2D eigenvalue weighted by Crippen LogP contribution is 2.36. The predicted molar refractivity (Wildman–Crippen MR) is 77.3 cm³/mol. The number of aromatic nitrogens is 2. The maximum atomic E-state index is 5.90. The summed E-state index contributed by atoms with van der Waals surface area (Å²) >= 11 is 3.45. The minimum absolute atomic E-state index is 0.310. The van der Waals surface area contributed by atoms with E-state index in [9.17, 15) is 0 Å². The molecule has 1 aromatic carbocycles. The summed E-state index contributed by atoms with van der Waals surface area (Å²) in [6.45, 7) is 0. The van der Waals surface area contributed by atoms with Crippen LogP contribution in [0.25, 0.3) is 22.4 Å². The number of rotatable bonds is 2. The number of hydrogen-bond acceptors (Lipinski definition) is 4. The van der Waals surface area contributed by atoms with E-state index in [0.29, 0.717) is 5.88 Å². The first-order valence-electron chi connectivity index (χ1n) is 5.67. The minimum atomic E-state index is 0.310. The Kier molecular flexibility index (Phi) is 3.05. The van der Waals surface area contributed by atoms with Gasteiger partial charge < -0.3 is 10.3 Å². The predicted octanol–water partition coefficient (Wildman–Crippen LogP) is 3.75. The molecule has 0 saturated heterocycles. The van der Waals surface area contributed by atoms with Crippen molar-refractivity contribution in [3.63, 3.8) is 0 Å². The molecule has 0 atom stereocenters. The van der Waals surface area contributed by atoms with Gasteiger partial charge in [0.1, 0.15) is 5.69 Å². The molecule has 0 bridgehead atoms. The lowest BCUT2D eigenvalue weighted by atomic mass is 10.0. The van der Waals surface area contributed by atoms with E-state index < -0.39 is 0 Å². The first-order chi connectivity index (χ1) is 9.25. The summed E-state index contributed by atoms with van der Waals surface area (Å²) in [6.07, 6.45) is 3.43. The number of anilines is 1. The third-order valence-corrected chi connectivity index (χ3v) is 3.28. The Bertz CT molecular complexity index is 710. The van der Waals surface area contributed by atoms with Gasteiger partial charge in [-0.1, -0.05) is 33.2 Å². The van der Waals surface area contributed by atoms with E-state index in [0.717, 1.165) is 26.9 Å². The Morgan fingerprint density at radius 1 is 1.05 bits per heavy atom. The van der Waals surface area contributed by atoms with Crippen molar-refractivity contribution in [2.75, 3.05) is 5.73 Å². The molecule has 2 N–H and O–H groups in total. The van der Waals surface area contributed by atoms with Crippen LogP contribution in [0.1, 0.15) is 0 Å². The van der Waals surface area contributed by atoms with E-state index in [1.807, 2.05) is 36.4 Å². The van der Waals surface area contributed by atoms with Crippen molar-refractivity contribution in [2.24, 2.45) is 0 Å². The van der Waals surface area contributed by atoms with Crippen LogP contribution in [0.3, 0.4) is 0 Å². The summed E-state index contributed by atoms with van der Waals surface area (Å²) in [5.74, 6) is 0.310. The molecule has 19 heavy (non-hydrogen) atoms. The van der Waals surface area contributed by atoms with Crippen LogP contribution in [0.5, 0.6) is 0 Å². The van der Waals surface area contributed by atoms with Crippen molar-refractivity contribution in [1.29, 1.82) is 0 Å². The van der Waals surface area contributed by atoms with E-state index in [1.165, 1.54) is 0 Å². The lowest BCUT2D eigenvalue weighted by Crippen LogP contribution is -1.88. The molecule has 2 heterocycles. The van der Waals surface area contributed by atoms with Gasteiger partial charge in [0.25, 0.3) is 0 Å². The molecule has 0 spiro atoms. The average molecular weight is 316 g/mol. The highest BCUT2D eigenvalue weighted by molar-refractivity contribution is 9.10. The van der Waals surface area contributed by atoms with E-state index in [2.05, 4.69) is 26.1 Å². The largest absolute Gasteiger partial charge is 0.367 e. The lowest BCUT2D eigenvalue weighted by molar-refractivity contribution is 0.439.